The van der Waals surface area contributed by atoms with E-state index in [2.05, 4.69) is 41.9 Å². The highest BCUT2D eigenvalue weighted by Gasteiger charge is 2.12. The van der Waals surface area contributed by atoms with Crippen LogP contribution in [0.3, 0.4) is 0 Å². The highest BCUT2D eigenvalue weighted by molar-refractivity contribution is 6.01. The van der Waals surface area contributed by atoms with Gasteiger partial charge in [0.05, 0.1) is 6.54 Å². The smallest absolute Gasteiger partial charge is 0.0643 e. The molecule has 1 nitrogen and oxygen atoms in total. The van der Waals surface area contributed by atoms with Crippen LogP contribution < -0.4 is 0 Å². The Morgan fingerprint density at radius 1 is 1.24 bits per heavy atom. The van der Waals surface area contributed by atoms with Crippen molar-refractivity contribution in [3.05, 3.63) is 72.4 Å². The molecule has 0 N–H and O–H groups in total. The SMILES string of the molecule is C=C(C)C1C=CC=CC1=NCc1ccccc1. The number of benzene rings is 1. The van der Waals surface area contributed by atoms with E-state index in [1.165, 1.54) is 5.56 Å². The molecule has 2 rings (SSSR count). The van der Waals surface area contributed by atoms with Crippen molar-refractivity contribution in [1.29, 1.82) is 0 Å². The summed E-state index contributed by atoms with van der Waals surface area (Å²) < 4.78 is 0. The molecule has 0 bridgehead atoms. The van der Waals surface area contributed by atoms with E-state index in [1.807, 2.05) is 31.2 Å². The number of hydrogen-bond acceptors (Lipinski definition) is 1. The molecule has 1 unspecified atom stereocenters. The van der Waals surface area contributed by atoms with Crippen molar-refractivity contribution in [3.63, 3.8) is 0 Å². The van der Waals surface area contributed by atoms with Gasteiger partial charge in [-0.25, -0.2) is 0 Å². The lowest BCUT2D eigenvalue weighted by molar-refractivity contribution is 0.978. The monoisotopic (exact) mass is 223 g/mol. The van der Waals surface area contributed by atoms with Gasteiger partial charge in [-0.05, 0) is 18.6 Å². The highest BCUT2D eigenvalue weighted by Crippen LogP contribution is 2.18. The van der Waals surface area contributed by atoms with E-state index >= 15 is 0 Å². The highest BCUT2D eigenvalue weighted by atomic mass is 14.7. The number of hydrogen-bond donors (Lipinski definition) is 0. The average molecular weight is 223 g/mol. The molecule has 1 atom stereocenters. The maximum atomic E-state index is 4.67. The van der Waals surface area contributed by atoms with Gasteiger partial charge < -0.3 is 0 Å². The molecular formula is C16H17N. The normalized spacial score (nSPS) is 20.8. The van der Waals surface area contributed by atoms with Gasteiger partial charge in [-0.2, -0.15) is 0 Å². The molecule has 0 aromatic heterocycles. The van der Waals surface area contributed by atoms with E-state index in [1.54, 1.807) is 0 Å². The van der Waals surface area contributed by atoms with Crippen LogP contribution in [0.15, 0.2) is 71.8 Å². The minimum absolute atomic E-state index is 0.267. The molecule has 0 fully saturated rings. The third-order valence-corrected chi connectivity index (χ3v) is 2.82. The van der Waals surface area contributed by atoms with Gasteiger partial charge in [-0.3, -0.25) is 4.99 Å². The van der Waals surface area contributed by atoms with Gasteiger partial charge in [0.2, 0.25) is 0 Å². The van der Waals surface area contributed by atoms with E-state index in [-0.39, 0.29) is 5.92 Å². The Labute approximate surface area is 103 Å². The van der Waals surface area contributed by atoms with Crippen LogP contribution in [0.25, 0.3) is 0 Å². The molecule has 0 amide bonds. The second-order valence-corrected chi connectivity index (χ2v) is 4.29. The van der Waals surface area contributed by atoms with Crippen molar-refractivity contribution in [3.8, 4) is 0 Å². The zero-order valence-electron chi connectivity index (χ0n) is 10.1. The zero-order chi connectivity index (χ0) is 12.1. The molecule has 17 heavy (non-hydrogen) atoms. The first-order valence-corrected chi connectivity index (χ1v) is 5.86. The summed E-state index contributed by atoms with van der Waals surface area (Å²) in [6, 6.07) is 10.3. The Kier molecular flexibility index (Phi) is 3.71. The predicted octanol–water partition coefficient (Wildman–Crippen LogP) is 3.95. The summed E-state index contributed by atoms with van der Waals surface area (Å²) in [7, 11) is 0. The molecule has 0 saturated heterocycles. The topological polar surface area (TPSA) is 12.4 Å². The van der Waals surface area contributed by atoms with Crippen LogP contribution in [0.2, 0.25) is 0 Å². The Morgan fingerprint density at radius 2 is 2.00 bits per heavy atom. The van der Waals surface area contributed by atoms with Crippen LogP contribution in [0.5, 0.6) is 0 Å². The summed E-state index contributed by atoms with van der Waals surface area (Å²) in [5, 5.41) is 0. The first-order chi connectivity index (χ1) is 8.27. The summed E-state index contributed by atoms with van der Waals surface area (Å²) in [6.45, 7) is 6.80. The number of allylic oxidation sites excluding steroid dienone is 5. The van der Waals surface area contributed by atoms with E-state index < -0.39 is 0 Å². The fourth-order valence-corrected chi connectivity index (χ4v) is 1.87. The van der Waals surface area contributed by atoms with Crippen molar-refractivity contribution in [2.45, 2.75) is 13.5 Å². The Bertz CT molecular complexity index is 478. The van der Waals surface area contributed by atoms with Crippen LogP contribution in [-0.2, 0) is 6.54 Å². The molecular weight excluding hydrogens is 206 g/mol. The molecule has 0 saturated carbocycles. The van der Waals surface area contributed by atoms with Crippen LogP contribution in [-0.4, -0.2) is 5.71 Å². The van der Waals surface area contributed by atoms with Crippen LogP contribution in [0.4, 0.5) is 0 Å². The quantitative estimate of drug-likeness (QED) is 0.688. The van der Waals surface area contributed by atoms with Gasteiger partial charge in [0.1, 0.15) is 0 Å². The zero-order valence-corrected chi connectivity index (χ0v) is 10.1. The minimum Gasteiger partial charge on any atom is -0.284 e. The Hall–Kier alpha value is -1.89. The predicted molar refractivity (Wildman–Crippen MR) is 74.2 cm³/mol. The molecule has 86 valence electrons. The standard InChI is InChI=1S/C16H17N/c1-13(2)15-10-6-7-11-16(15)17-12-14-8-4-3-5-9-14/h3-11,15H,1,12H2,2H3. The second-order valence-electron chi connectivity index (χ2n) is 4.29. The molecule has 1 aliphatic carbocycles. The van der Waals surface area contributed by atoms with E-state index in [9.17, 15) is 0 Å². The maximum absolute atomic E-state index is 4.67. The first kappa shape index (κ1) is 11.6. The van der Waals surface area contributed by atoms with E-state index in [4.69, 9.17) is 0 Å². The third kappa shape index (κ3) is 3.04. The summed E-state index contributed by atoms with van der Waals surface area (Å²) in [5.74, 6) is 0.267. The Balaban J connectivity index is 2.13. The number of rotatable bonds is 3. The molecule has 0 heterocycles. The van der Waals surface area contributed by atoms with Gasteiger partial charge in [-0.1, -0.05) is 60.7 Å². The van der Waals surface area contributed by atoms with Gasteiger partial charge in [-0.15, -0.1) is 0 Å². The number of nitrogens with zero attached hydrogens (tertiary/aromatic N) is 1. The van der Waals surface area contributed by atoms with Crippen LogP contribution in [0.1, 0.15) is 12.5 Å². The first-order valence-electron chi connectivity index (χ1n) is 5.86. The number of aliphatic imine (C=N–C) groups is 1. The van der Waals surface area contributed by atoms with Gasteiger partial charge >= 0.3 is 0 Å². The maximum Gasteiger partial charge on any atom is 0.0643 e. The van der Waals surface area contributed by atoms with Gasteiger partial charge in [0.15, 0.2) is 0 Å². The lowest BCUT2D eigenvalue weighted by Crippen LogP contribution is -2.13. The fraction of sp³-hybridized carbons (Fsp3) is 0.188. The van der Waals surface area contributed by atoms with Crippen molar-refractivity contribution in [2.75, 3.05) is 0 Å². The minimum atomic E-state index is 0.267. The summed E-state index contributed by atoms with van der Waals surface area (Å²) in [5.41, 5.74) is 3.48. The largest absolute Gasteiger partial charge is 0.284 e. The third-order valence-electron chi connectivity index (χ3n) is 2.82. The summed E-state index contributed by atoms with van der Waals surface area (Å²) in [4.78, 5) is 4.67. The van der Waals surface area contributed by atoms with Crippen molar-refractivity contribution in [2.24, 2.45) is 10.9 Å². The van der Waals surface area contributed by atoms with Crippen molar-refractivity contribution >= 4 is 5.71 Å². The molecule has 1 aliphatic rings. The van der Waals surface area contributed by atoms with Crippen molar-refractivity contribution in [1.82, 2.24) is 0 Å². The molecule has 1 heteroatoms. The lowest BCUT2D eigenvalue weighted by Gasteiger charge is -2.15. The van der Waals surface area contributed by atoms with Gasteiger partial charge in [0.25, 0.3) is 0 Å². The fourth-order valence-electron chi connectivity index (χ4n) is 1.87. The Morgan fingerprint density at radius 3 is 2.71 bits per heavy atom. The summed E-state index contributed by atoms with van der Waals surface area (Å²) in [6.07, 6.45) is 8.30. The lowest BCUT2D eigenvalue weighted by atomic mass is 9.92. The molecule has 0 aliphatic heterocycles. The molecule has 0 radical (unpaired) electrons. The van der Waals surface area contributed by atoms with Gasteiger partial charge in [0, 0.05) is 11.6 Å². The average Bonchev–Trinajstić information content (AvgIpc) is 2.38. The summed E-state index contributed by atoms with van der Waals surface area (Å²) >= 11 is 0. The van der Waals surface area contributed by atoms with E-state index in [0.717, 1.165) is 17.8 Å². The molecule has 1 aromatic carbocycles. The van der Waals surface area contributed by atoms with Crippen LogP contribution in [0, 0.1) is 5.92 Å². The molecule has 0 spiro atoms. The van der Waals surface area contributed by atoms with E-state index in [0.29, 0.717) is 0 Å². The van der Waals surface area contributed by atoms with Crippen LogP contribution >= 0.6 is 0 Å². The van der Waals surface area contributed by atoms with Crippen molar-refractivity contribution < 1.29 is 0 Å². The molecule has 1 aromatic rings. The second kappa shape index (κ2) is 5.44.